The molecule has 152 valence electrons. The molecule has 2 aliphatic heterocycles. The molecule has 1 aromatic heterocycles. The highest BCUT2D eigenvalue weighted by molar-refractivity contribution is 7.86. The maximum Gasteiger partial charge on any atom is 0.282 e. The lowest BCUT2D eigenvalue weighted by Gasteiger charge is -2.37. The Morgan fingerprint density at radius 1 is 1.04 bits per heavy atom. The first-order chi connectivity index (χ1) is 13.5. The van der Waals surface area contributed by atoms with E-state index in [0.29, 0.717) is 64.7 Å². The molecule has 1 aromatic carbocycles. The van der Waals surface area contributed by atoms with Crippen molar-refractivity contribution in [3.63, 3.8) is 0 Å². The van der Waals surface area contributed by atoms with Crippen molar-refractivity contribution in [3.8, 4) is 5.69 Å². The summed E-state index contributed by atoms with van der Waals surface area (Å²) in [5.41, 5.74) is 1.68. The third kappa shape index (κ3) is 4.26. The lowest BCUT2D eigenvalue weighted by molar-refractivity contribution is 0.0684. The summed E-state index contributed by atoms with van der Waals surface area (Å²) in [4.78, 5) is 2.21. The van der Waals surface area contributed by atoms with Crippen LogP contribution in [-0.2, 0) is 21.5 Å². The van der Waals surface area contributed by atoms with Gasteiger partial charge in [-0.3, -0.25) is 4.90 Å². The number of halogens is 1. The largest absolute Gasteiger partial charge is 0.379 e. The molecule has 0 radical (unpaired) electrons. The van der Waals surface area contributed by atoms with Gasteiger partial charge in [-0.15, -0.1) is 0 Å². The van der Waals surface area contributed by atoms with Gasteiger partial charge in [0.2, 0.25) is 0 Å². The summed E-state index contributed by atoms with van der Waals surface area (Å²) in [6, 6.07) is 6.29. The third-order valence-electron chi connectivity index (χ3n) is 5.07. The van der Waals surface area contributed by atoms with E-state index in [9.17, 15) is 12.8 Å². The van der Waals surface area contributed by atoms with E-state index in [1.165, 1.54) is 16.4 Å². The molecule has 0 unspecified atom stereocenters. The first-order valence-electron chi connectivity index (χ1n) is 9.37. The highest BCUT2D eigenvalue weighted by Crippen LogP contribution is 2.16. The molecule has 2 saturated heterocycles. The van der Waals surface area contributed by atoms with Gasteiger partial charge in [0, 0.05) is 57.6 Å². The number of nitrogens with zero attached hydrogens (tertiary/aromatic N) is 5. The van der Waals surface area contributed by atoms with Crippen LogP contribution < -0.4 is 0 Å². The maximum absolute atomic E-state index is 13.4. The van der Waals surface area contributed by atoms with Crippen molar-refractivity contribution >= 4 is 10.2 Å². The summed E-state index contributed by atoms with van der Waals surface area (Å²) >= 11 is 0. The second kappa shape index (κ2) is 8.26. The second-order valence-corrected chi connectivity index (χ2v) is 8.90. The normalized spacial score (nSPS) is 20.5. The highest BCUT2D eigenvalue weighted by Gasteiger charge is 2.33. The summed E-state index contributed by atoms with van der Waals surface area (Å²) < 4.78 is 48.8. The lowest BCUT2D eigenvalue weighted by Crippen LogP contribution is -2.54. The van der Waals surface area contributed by atoms with Crippen molar-refractivity contribution in [2.45, 2.75) is 6.54 Å². The number of hydrogen-bond acceptors (Lipinski definition) is 5. The molecule has 2 fully saturated rings. The number of benzene rings is 1. The minimum absolute atomic E-state index is 0.299. The van der Waals surface area contributed by atoms with Gasteiger partial charge < -0.3 is 4.74 Å². The molecule has 0 spiro atoms. The van der Waals surface area contributed by atoms with Gasteiger partial charge >= 0.3 is 0 Å². The molecular weight excluding hydrogens is 385 g/mol. The molecule has 0 bridgehead atoms. The zero-order valence-electron chi connectivity index (χ0n) is 15.6. The molecule has 0 amide bonds. The summed E-state index contributed by atoms with van der Waals surface area (Å²) in [6.07, 6.45) is 3.65. The van der Waals surface area contributed by atoms with Crippen molar-refractivity contribution in [2.75, 3.05) is 52.5 Å². The topological polar surface area (TPSA) is 70.9 Å². The Kier molecular flexibility index (Phi) is 5.74. The Hall–Kier alpha value is -1.85. The Morgan fingerprint density at radius 3 is 2.46 bits per heavy atom. The van der Waals surface area contributed by atoms with Crippen LogP contribution in [0.5, 0.6) is 0 Å². The molecule has 2 aromatic rings. The number of rotatable bonds is 5. The minimum Gasteiger partial charge on any atom is -0.379 e. The Bertz CT molecular complexity index is 905. The fraction of sp³-hybridized carbons (Fsp3) is 0.500. The minimum atomic E-state index is -3.41. The van der Waals surface area contributed by atoms with E-state index in [0.717, 1.165) is 5.56 Å². The fourth-order valence-corrected chi connectivity index (χ4v) is 5.08. The Labute approximate surface area is 164 Å². The van der Waals surface area contributed by atoms with E-state index < -0.39 is 10.2 Å². The maximum atomic E-state index is 13.4. The molecule has 0 saturated carbocycles. The van der Waals surface area contributed by atoms with Crippen molar-refractivity contribution in [1.82, 2.24) is 23.3 Å². The van der Waals surface area contributed by atoms with Gasteiger partial charge in [-0.1, -0.05) is 6.07 Å². The van der Waals surface area contributed by atoms with E-state index in [2.05, 4.69) is 10.00 Å². The van der Waals surface area contributed by atoms with Crippen molar-refractivity contribution < 1.29 is 17.5 Å². The average molecular weight is 409 g/mol. The smallest absolute Gasteiger partial charge is 0.282 e. The molecular formula is C18H24FN5O3S. The van der Waals surface area contributed by atoms with Gasteiger partial charge in [-0.25, -0.2) is 9.07 Å². The molecule has 4 rings (SSSR count). The van der Waals surface area contributed by atoms with Gasteiger partial charge in [0.1, 0.15) is 5.82 Å². The van der Waals surface area contributed by atoms with Gasteiger partial charge in [-0.2, -0.15) is 22.1 Å². The van der Waals surface area contributed by atoms with Crippen LogP contribution in [-0.4, -0.2) is 84.2 Å². The molecule has 3 heterocycles. The number of aromatic nitrogens is 2. The van der Waals surface area contributed by atoms with Crippen molar-refractivity contribution in [3.05, 3.63) is 48.0 Å². The molecule has 2 aliphatic rings. The predicted molar refractivity (Wildman–Crippen MR) is 102 cm³/mol. The van der Waals surface area contributed by atoms with Crippen LogP contribution in [0.1, 0.15) is 5.56 Å². The van der Waals surface area contributed by atoms with Crippen LogP contribution in [0.3, 0.4) is 0 Å². The van der Waals surface area contributed by atoms with Crippen LogP contribution in [0.25, 0.3) is 5.69 Å². The average Bonchev–Trinajstić information content (AvgIpc) is 3.18. The van der Waals surface area contributed by atoms with Crippen LogP contribution in [0, 0.1) is 5.82 Å². The molecule has 8 nitrogen and oxygen atoms in total. The van der Waals surface area contributed by atoms with E-state index in [1.54, 1.807) is 27.3 Å². The molecule has 0 atom stereocenters. The van der Waals surface area contributed by atoms with E-state index in [-0.39, 0.29) is 5.82 Å². The van der Waals surface area contributed by atoms with Crippen LogP contribution in [0.2, 0.25) is 0 Å². The Balaban J connectivity index is 1.33. The van der Waals surface area contributed by atoms with Crippen LogP contribution in [0.4, 0.5) is 4.39 Å². The fourth-order valence-electron chi connectivity index (χ4n) is 3.52. The Morgan fingerprint density at radius 2 is 1.75 bits per heavy atom. The number of piperazine rings is 1. The summed E-state index contributed by atoms with van der Waals surface area (Å²) in [5.74, 6) is -0.299. The first-order valence-corrected chi connectivity index (χ1v) is 10.8. The van der Waals surface area contributed by atoms with E-state index >= 15 is 0 Å². The summed E-state index contributed by atoms with van der Waals surface area (Å²) in [5, 5.41) is 4.31. The summed E-state index contributed by atoms with van der Waals surface area (Å²) in [7, 11) is -3.41. The number of morpholine rings is 1. The van der Waals surface area contributed by atoms with Crippen molar-refractivity contribution in [2.24, 2.45) is 0 Å². The SMILES string of the molecule is O=S(=O)(N1CCOCC1)N1CCN(Cc2cnn(-c3cccc(F)c3)c2)CC1. The van der Waals surface area contributed by atoms with Crippen LogP contribution in [0.15, 0.2) is 36.7 Å². The molecule has 28 heavy (non-hydrogen) atoms. The first kappa shape index (κ1) is 19.5. The van der Waals surface area contributed by atoms with Gasteiger partial charge in [0.15, 0.2) is 0 Å². The summed E-state index contributed by atoms with van der Waals surface area (Å²) in [6.45, 7) is 4.69. The van der Waals surface area contributed by atoms with Crippen molar-refractivity contribution in [1.29, 1.82) is 0 Å². The number of ether oxygens (including phenoxy) is 1. The van der Waals surface area contributed by atoms with Crippen LogP contribution >= 0.6 is 0 Å². The van der Waals surface area contributed by atoms with Gasteiger partial charge in [0.05, 0.1) is 25.1 Å². The monoisotopic (exact) mass is 409 g/mol. The van der Waals surface area contributed by atoms with Gasteiger partial charge in [0.25, 0.3) is 10.2 Å². The third-order valence-corrected chi connectivity index (χ3v) is 7.10. The predicted octanol–water partition coefficient (Wildman–Crippen LogP) is 0.706. The zero-order valence-corrected chi connectivity index (χ0v) is 16.4. The standard InChI is InChI=1S/C18H24FN5O3S/c19-17-2-1-3-18(12-17)24-15-16(13-20-24)14-21-4-6-22(7-5-21)28(25,26)23-8-10-27-11-9-23/h1-3,12-13,15H,4-11,14H2. The second-order valence-electron chi connectivity index (χ2n) is 6.97. The molecule has 0 N–H and O–H groups in total. The lowest BCUT2D eigenvalue weighted by atomic mass is 10.3. The zero-order chi connectivity index (χ0) is 19.6. The quantitative estimate of drug-likeness (QED) is 0.727. The highest BCUT2D eigenvalue weighted by atomic mass is 32.2. The molecule has 10 heteroatoms. The van der Waals surface area contributed by atoms with Gasteiger partial charge in [-0.05, 0) is 18.2 Å². The van der Waals surface area contributed by atoms with E-state index in [4.69, 9.17) is 4.74 Å². The molecule has 0 aliphatic carbocycles. The van der Waals surface area contributed by atoms with E-state index in [1.807, 2.05) is 6.20 Å². The number of hydrogen-bond donors (Lipinski definition) is 0.